The predicted octanol–water partition coefficient (Wildman–Crippen LogP) is 5.35. The van der Waals surface area contributed by atoms with E-state index in [9.17, 15) is 19.1 Å². The lowest BCUT2D eigenvalue weighted by Gasteiger charge is -2.11. The molecule has 178 valence electrons. The molecular weight excluding hydrogens is 471 g/mol. The van der Waals surface area contributed by atoms with Crippen LogP contribution in [0.1, 0.15) is 21.5 Å². The van der Waals surface area contributed by atoms with Crippen molar-refractivity contribution in [2.24, 2.45) is 4.99 Å². The average molecular weight is 493 g/mol. The van der Waals surface area contributed by atoms with E-state index < -0.39 is 5.97 Å². The summed E-state index contributed by atoms with van der Waals surface area (Å²) in [6.07, 6.45) is 1.72. The zero-order chi connectivity index (χ0) is 24.9. The van der Waals surface area contributed by atoms with E-state index in [2.05, 4.69) is 4.99 Å². The van der Waals surface area contributed by atoms with Gasteiger partial charge in [-0.2, -0.15) is 0 Å². The zero-order valence-electron chi connectivity index (χ0n) is 18.9. The van der Waals surface area contributed by atoms with Crippen LogP contribution >= 0.6 is 11.8 Å². The number of aliphatic imine (C=N–C) groups is 1. The molecule has 0 aromatic heterocycles. The first-order valence-electron chi connectivity index (χ1n) is 10.5. The van der Waals surface area contributed by atoms with E-state index in [-0.39, 0.29) is 23.9 Å². The van der Waals surface area contributed by atoms with Crippen LogP contribution in [0.3, 0.4) is 0 Å². The van der Waals surface area contributed by atoms with Crippen LogP contribution in [0.5, 0.6) is 11.5 Å². The number of thioether (sulfide) groups is 1. The molecule has 3 aromatic rings. The molecule has 1 saturated heterocycles. The van der Waals surface area contributed by atoms with Crippen molar-refractivity contribution in [3.05, 3.63) is 94.1 Å². The van der Waals surface area contributed by atoms with Gasteiger partial charge in [0.1, 0.15) is 12.4 Å². The fraction of sp³-hybridized carbons (Fsp3) is 0.115. The molecule has 0 spiro atoms. The summed E-state index contributed by atoms with van der Waals surface area (Å²) >= 11 is 1.19. The molecule has 1 aliphatic heterocycles. The van der Waals surface area contributed by atoms with Crippen molar-refractivity contribution in [1.82, 2.24) is 4.90 Å². The number of carboxylic acid groups (broad SMARTS) is 1. The van der Waals surface area contributed by atoms with Crippen molar-refractivity contribution in [3.8, 4) is 11.5 Å². The molecule has 4 rings (SSSR count). The van der Waals surface area contributed by atoms with E-state index in [1.165, 1.54) is 48.0 Å². The van der Waals surface area contributed by atoms with E-state index in [1.54, 1.807) is 55.6 Å². The molecule has 1 N–H and O–H groups in total. The number of ether oxygens (including phenoxy) is 2. The summed E-state index contributed by atoms with van der Waals surface area (Å²) in [6.45, 7) is 0.177. The van der Waals surface area contributed by atoms with Gasteiger partial charge in [-0.3, -0.25) is 9.69 Å². The van der Waals surface area contributed by atoms with Crippen LogP contribution in [0.4, 0.5) is 10.1 Å². The number of hydrogen-bond acceptors (Lipinski definition) is 6. The maximum absolute atomic E-state index is 13.4. The van der Waals surface area contributed by atoms with Crippen LogP contribution in [0, 0.1) is 5.82 Å². The number of hydrogen-bond donors (Lipinski definition) is 1. The quantitative estimate of drug-likeness (QED) is 0.448. The van der Waals surface area contributed by atoms with Gasteiger partial charge in [0.15, 0.2) is 16.7 Å². The Morgan fingerprint density at radius 3 is 2.66 bits per heavy atom. The van der Waals surface area contributed by atoms with E-state index in [0.29, 0.717) is 32.8 Å². The number of methoxy groups -OCH3 is 1. The van der Waals surface area contributed by atoms with Crippen LogP contribution in [-0.2, 0) is 11.4 Å². The third-order valence-corrected chi connectivity index (χ3v) is 6.15. The van der Waals surface area contributed by atoms with Gasteiger partial charge >= 0.3 is 5.97 Å². The summed E-state index contributed by atoms with van der Waals surface area (Å²) < 4.78 is 24.6. The molecule has 0 atom stereocenters. The molecular formula is C26H21FN2O5S. The SMILES string of the molecule is COc1cc(C=C2SC(=Nc3cccc(C(=O)O)c3)N(C)C2=O)ccc1OCc1cccc(F)c1. The van der Waals surface area contributed by atoms with Gasteiger partial charge < -0.3 is 14.6 Å². The molecule has 0 aliphatic carbocycles. The highest BCUT2D eigenvalue weighted by Crippen LogP contribution is 2.35. The second kappa shape index (κ2) is 10.4. The summed E-state index contributed by atoms with van der Waals surface area (Å²) in [5, 5.41) is 9.61. The number of carboxylic acids is 1. The van der Waals surface area contributed by atoms with Crippen LogP contribution in [0.25, 0.3) is 6.08 Å². The van der Waals surface area contributed by atoms with E-state index in [0.717, 1.165) is 5.56 Å². The molecule has 0 saturated carbocycles. The fourth-order valence-corrected chi connectivity index (χ4v) is 4.29. The topological polar surface area (TPSA) is 88.4 Å². The lowest BCUT2D eigenvalue weighted by Crippen LogP contribution is -2.23. The maximum Gasteiger partial charge on any atom is 0.335 e. The number of amides is 1. The Kier molecular flexibility index (Phi) is 7.17. The van der Waals surface area contributed by atoms with E-state index >= 15 is 0 Å². The Balaban J connectivity index is 1.53. The Morgan fingerprint density at radius 2 is 1.91 bits per heavy atom. The first-order chi connectivity index (χ1) is 16.8. The number of halogens is 1. The summed E-state index contributed by atoms with van der Waals surface area (Å²) in [4.78, 5) is 30.3. The number of carbonyl (C=O) groups is 2. The van der Waals surface area contributed by atoms with Crippen molar-refractivity contribution in [2.75, 3.05) is 14.2 Å². The Bertz CT molecular complexity index is 1360. The summed E-state index contributed by atoms with van der Waals surface area (Å²) in [7, 11) is 3.13. The lowest BCUT2D eigenvalue weighted by atomic mass is 10.1. The monoisotopic (exact) mass is 492 g/mol. The van der Waals surface area contributed by atoms with Gasteiger partial charge in [0.25, 0.3) is 5.91 Å². The van der Waals surface area contributed by atoms with Crippen LogP contribution in [0.2, 0.25) is 0 Å². The van der Waals surface area contributed by atoms with Crippen molar-refractivity contribution in [3.63, 3.8) is 0 Å². The van der Waals surface area contributed by atoms with Crippen molar-refractivity contribution >= 4 is 40.6 Å². The normalized spacial score (nSPS) is 15.6. The number of likely N-dealkylation sites (N-methyl/N-ethyl adjacent to an activating group) is 1. The van der Waals surface area contributed by atoms with Crippen molar-refractivity contribution < 1.29 is 28.6 Å². The molecule has 1 heterocycles. The Morgan fingerprint density at radius 1 is 1.11 bits per heavy atom. The average Bonchev–Trinajstić information content (AvgIpc) is 3.11. The third kappa shape index (κ3) is 5.70. The molecule has 1 fully saturated rings. The van der Waals surface area contributed by atoms with Gasteiger partial charge in [0.2, 0.25) is 0 Å². The van der Waals surface area contributed by atoms with Gasteiger partial charge in [0, 0.05) is 7.05 Å². The molecule has 0 radical (unpaired) electrons. The molecule has 7 nitrogen and oxygen atoms in total. The lowest BCUT2D eigenvalue weighted by molar-refractivity contribution is -0.121. The second-order valence-electron chi connectivity index (χ2n) is 7.55. The minimum Gasteiger partial charge on any atom is -0.493 e. The minimum absolute atomic E-state index is 0.117. The van der Waals surface area contributed by atoms with E-state index in [1.807, 2.05) is 0 Å². The molecule has 1 amide bonds. The Hall–Kier alpha value is -4.11. The first-order valence-corrected chi connectivity index (χ1v) is 11.3. The smallest absolute Gasteiger partial charge is 0.335 e. The van der Waals surface area contributed by atoms with Crippen LogP contribution in [0.15, 0.2) is 76.6 Å². The summed E-state index contributed by atoms with van der Waals surface area (Å²) in [5.41, 5.74) is 1.97. The minimum atomic E-state index is -1.05. The molecule has 9 heteroatoms. The number of amidine groups is 1. The highest BCUT2D eigenvalue weighted by atomic mass is 32.2. The highest BCUT2D eigenvalue weighted by Gasteiger charge is 2.30. The zero-order valence-corrected chi connectivity index (χ0v) is 19.7. The van der Waals surface area contributed by atoms with Crippen molar-refractivity contribution in [1.29, 1.82) is 0 Å². The molecule has 3 aromatic carbocycles. The predicted molar refractivity (Wildman–Crippen MR) is 133 cm³/mol. The van der Waals surface area contributed by atoms with E-state index in [4.69, 9.17) is 9.47 Å². The Labute approximate surface area is 205 Å². The van der Waals surface area contributed by atoms with Gasteiger partial charge in [-0.15, -0.1) is 0 Å². The number of nitrogens with zero attached hydrogens (tertiary/aromatic N) is 2. The van der Waals surface area contributed by atoms with Crippen LogP contribution in [-0.4, -0.2) is 41.2 Å². The van der Waals surface area contributed by atoms with Crippen molar-refractivity contribution in [2.45, 2.75) is 6.61 Å². The molecule has 0 bridgehead atoms. The second-order valence-corrected chi connectivity index (χ2v) is 8.56. The standard InChI is InChI=1S/C26H21FN2O5S/c1-29-24(30)23(35-26(29)28-20-8-4-6-18(14-20)25(31)32)13-16-9-10-21(22(12-16)33-2)34-15-17-5-3-7-19(27)11-17/h3-14H,15H2,1-2H3,(H,31,32). The van der Waals surface area contributed by atoms with Gasteiger partial charge in [0.05, 0.1) is 23.3 Å². The highest BCUT2D eigenvalue weighted by molar-refractivity contribution is 8.18. The van der Waals surface area contributed by atoms with Crippen LogP contribution < -0.4 is 9.47 Å². The van der Waals surface area contributed by atoms with Gasteiger partial charge in [-0.1, -0.05) is 24.3 Å². The first kappa shape index (κ1) is 24.0. The number of carbonyl (C=O) groups excluding carboxylic acids is 1. The van der Waals surface area contributed by atoms with Gasteiger partial charge in [-0.05, 0) is 71.4 Å². The largest absolute Gasteiger partial charge is 0.493 e. The third-order valence-electron chi connectivity index (χ3n) is 5.09. The summed E-state index contributed by atoms with van der Waals surface area (Å²) in [6, 6.07) is 17.6. The molecule has 35 heavy (non-hydrogen) atoms. The molecule has 0 unspecified atom stereocenters. The maximum atomic E-state index is 13.4. The number of benzene rings is 3. The summed E-state index contributed by atoms with van der Waals surface area (Å²) in [5.74, 6) is -0.649. The fourth-order valence-electron chi connectivity index (χ4n) is 3.30. The number of rotatable bonds is 7. The number of aromatic carboxylic acids is 1. The van der Waals surface area contributed by atoms with Gasteiger partial charge in [-0.25, -0.2) is 14.2 Å². The molecule has 1 aliphatic rings.